The van der Waals surface area contributed by atoms with Crippen molar-refractivity contribution in [1.82, 2.24) is 5.32 Å². The van der Waals surface area contributed by atoms with E-state index >= 15 is 0 Å². The Kier molecular flexibility index (Phi) is 7.70. The van der Waals surface area contributed by atoms with Crippen molar-refractivity contribution in [3.05, 3.63) is 52.6 Å². The lowest BCUT2D eigenvalue weighted by Crippen LogP contribution is -2.22. The number of carbonyl (C=O) groups is 1. The minimum absolute atomic E-state index is 0.177. The number of ether oxygens (including phenoxy) is 3. The zero-order chi connectivity index (χ0) is 20.5. The first kappa shape index (κ1) is 21.1. The molecule has 0 bridgehead atoms. The summed E-state index contributed by atoms with van der Waals surface area (Å²) in [5, 5.41) is 11.3. The normalized spacial score (nSPS) is 10.1. The third kappa shape index (κ3) is 5.40. The van der Waals surface area contributed by atoms with Crippen LogP contribution in [0.2, 0.25) is 0 Å². The van der Waals surface area contributed by atoms with Crippen molar-refractivity contribution in [3.8, 4) is 23.3 Å². The van der Waals surface area contributed by atoms with E-state index in [0.29, 0.717) is 24.7 Å². The summed E-state index contributed by atoms with van der Waals surface area (Å²) in [6.07, 6.45) is -0.177. The molecular weight excluding hydrogens is 356 g/mol. The largest absolute Gasteiger partial charge is 0.493 e. The summed E-state index contributed by atoms with van der Waals surface area (Å²) < 4.78 is 17.2. The van der Waals surface area contributed by atoms with Gasteiger partial charge in [0.2, 0.25) is 5.91 Å². The quantitative estimate of drug-likeness (QED) is 0.670. The number of nitrogens with one attached hydrogen (secondary N) is 1. The molecular formula is C22H26N2O4. The van der Waals surface area contributed by atoms with E-state index in [0.717, 1.165) is 22.4 Å². The lowest BCUT2D eigenvalue weighted by molar-refractivity contribution is -0.120. The second kappa shape index (κ2) is 10.2. The number of amides is 1. The Morgan fingerprint density at radius 3 is 2.39 bits per heavy atom. The maximum atomic E-state index is 11.6. The Labute approximate surface area is 166 Å². The van der Waals surface area contributed by atoms with Crippen LogP contribution in [0.5, 0.6) is 17.2 Å². The Morgan fingerprint density at radius 1 is 1.04 bits per heavy atom. The summed E-state index contributed by atoms with van der Waals surface area (Å²) in [7, 11) is 1.57. The third-order valence-electron chi connectivity index (χ3n) is 4.45. The molecule has 6 nitrogen and oxygen atoms in total. The van der Waals surface area contributed by atoms with Gasteiger partial charge < -0.3 is 19.5 Å². The van der Waals surface area contributed by atoms with Crippen molar-refractivity contribution in [1.29, 1.82) is 5.26 Å². The van der Waals surface area contributed by atoms with E-state index in [1.54, 1.807) is 13.2 Å². The molecule has 28 heavy (non-hydrogen) atoms. The molecule has 0 aromatic heterocycles. The fourth-order valence-corrected chi connectivity index (χ4v) is 2.79. The van der Waals surface area contributed by atoms with Gasteiger partial charge >= 0.3 is 0 Å². The van der Waals surface area contributed by atoms with Gasteiger partial charge in [0.05, 0.1) is 13.2 Å². The third-order valence-corrected chi connectivity index (χ3v) is 4.45. The average molecular weight is 382 g/mol. The van der Waals surface area contributed by atoms with Crippen LogP contribution >= 0.6 is 0 Å². The maximum Gasteiger partial charge on any atom is 0.234 e. The molecule has 0 fully saturated rings. The van der Waals surface area contributed by atoms with Crippen molar-refractivity contribution in [2.45, 2.75) is 33.7 Å². The number of aryl methyl sites for hydroxylation is 2. The molecule has 2 rings (SSSR count). The Bertz CT molecular complexity index is 872. The van der Waals surface area contributed by atoms with Gasteiger partial charge in [-0.05, 0) is 43.5 Å². The molecule has 2 aromatic carbocycles. The highest BCUT2D eigenvalue weighted by Crippen LogP contribution is 2.31. The van der Waals surface area contributed by atoms with E-state index in [2.05, 4.69) is 18.3 Å². The first-order chi connectivity index (χ1) is 13.5. The van der Waals surface area contributed by atoms with Crippen LogP contribution in [0.1, 0.15) is 28.7 Å². The van der Waals surface area contributed by atoms with E-state index in [-0.39, 0.29) is 18.9 Å². The molecule has 0 radical (unpaired) electrons. The SMILES string of the molecule is COc1cccc(CNC(=O)CC#N)c1OCCOc1c(C)ccc(C)c1C. The lowest BCUT2D eigenvalue weighted by Gasteiger charge is -2.17. The minimum Gasteiger partial charge on any atom is -0.493 e. The van der Waals surface area contributed by atoms with Crippen LogP contribution in [0.25, 0.3) is 0 Å². The predicted octanol–water partition coefficient (Wildman–Crippen LogP) is 3.61. The fraction of sp³-hybridized carbons (Fsp3) is 0.364. The number of carbonyl (C=O) groups excluding carboxylic acids is 1. The topological polar surface area (TPSA) is 80.6 Å². The summed E-state index contributed by atoms with van der Waals surface area (Å²) in [6.45, 7) is 7.07. The van der Waals surface area contributed by atoms with Gasteiger partial charge in [-0.15, -0.1) is 0 Å². The van der Waals surface area contributed by atoms with Crippen molar-refractivity contribution in [2.24, 2.45) is 0 Å². The number of para-hydroxylation sites is 1. The summed E-state index contributed by atoms with van der Waals surface area (Å²) in [5.74, 6) is 1.69. The first-order valence-electron chi connectivity index (χ1n) is 9.09. The van der Waals surface area contributed by atoms with E-state index in [9.17, 15) is 4.79 Å². The van der Waals surface area contributed by atoms with Gasteiger partial charge in [-0.3, -0.25) is 4.79 Å². The zero-order valence-corrected chi connectivity index (χ0v) is 16.8. The number of hydrogen-bond acceptors (Lipinski definition) is 5. The molecule has 0 aliphatic carbocycles. The van der Waals surface area contributed by atoms with E-state index < -0.39 is 0 Å². The molecule has 0 heterocycles. The molecule has 0 saturated carbocycles. The molecule has 0 unspecified atom stereocenters. The highest BCUT2D eigenvalue weighted by molar-refractivity contribution is 5.78. The monoisotopic (exact) mass is 382 g/mol. The van der Waals surface area contributed by atoms with Crippen LogP contribution < -0.4 is 19.5 Å². The molecule has 2 aromatic rings. The second-order valence-corrected chi connectivity index (χ2v) is 6.41. The van der Waals surface area contributed by atoms with E-state index in [1.165, 1.54) is 5.56 Å². The number of benzene rings is 2. The van der Waals surface area contributed by atoms with Gasteiger partial charge in [-0.1, -0.05) is 24.3 Å². The summed E-state index contributed by atoms with van der Waals surface area (Å²) >= 11 is 0. The second-order valence-electron chi connectivity index (χ2n) is 6.41. The average Bonchev–Trinajstić information content (AvgIpc) is 2.69. The lowest BCUT2D eigenvalue weighted by atomic mass is 10.1. The van der Waals surface area contributed by atoms with E-state index in [4.69, 9.17) is 19.5 Å². The highest BCUT2D eigenvalue weighted by Gasteiger charge is 2.12. The van der Waals surface area contributed by atoms with Crippen LogP contribution in [0.15, 0.2) is 30.3 Å². The fourth-order valence-electron chi connectivity index (χ4n) is 2.79. The van der Waals surface area contributed by atoms with Crippen molar-refractivity contribution < 1.29 is 19.0 Å². The van der Waals surface area contributed by atoms with Gasteiger partial charge in [0.1, 0.15) is 25.4 Å². The summed E-state index contributed by atoms with van der Waals surface area (Å²) in [4.78, 5) is 11.6. The van der Waals surface area contributed by atoms with Gasteiger partial charge in [0.15, 0.2) is 11.5 Å². The Balaban J connectivity index is 2.02. The molecule has 148 valence electrons. The van der Waals surface area contributed by atoms with Crippen molar-refractivity contribution >= 4 is 5.91 Å². The van der Waals surface area contributed by atoms with Gasteiger partial charge in [0.25, 0.3) is 0 Å². The number of hydrogen-bond donors (Lipinski definition) is 1. The molecule has 0 atom stereocenters. The summed E-state index contributed by atoms with van der Waals surface area (Å²) in [5.41, 5.74) is 4.16. The van der Waals surface area contributed by atoms with Crippen LogP contribution in [0, 0.1) is 32.1 Å². The van der Waals surface area contributed by atoms with Gasteiger partial charge in [-0.25, -0.2) is 0 Å². The highest BCUT2D eigenvalue weighted by atomic mass is 16.5. The van der Waals surface area contributed by atoms with Crippen LogP contribution in [0.4, 0.5) is 0 Å². The van der Waals surface area contributed by atoms with Crippen LogP contribution in [-0.2, 0) is 11.3 Å². The smallest absolute Gasteiger partial charge is 0.234 e. The zero-order valence-electron chi connectivity index (χ0n) is 16.8. The standard InChI is InChI=1S/C22H26N2O4/c1-15-8-9-16(2)21(17(15)3)27-12-13-28-22-18(6-5-7-19(22)26-4)14-24-20(25)10-11-23/h5-9H,10,12-14H2,1-4H3,(H,24,25). The van der Waals surface area contributed by atoms with Gasteiger partial charge in [-0.2, -0.15) is 5.26 Å². The molecule has 6 heteroatoms. The van der Waals surface area contributed by atoms with Gasteiger partial charge in [0, 0.05) is 12.1 Å². The van der Waals surface area contributed by atoms with Crippen LogP contribution in [-0.4, -0.2) is 26.2 Å². The molecule has 1 N–H and O–H groups in total. The van der Waals surface area contributed by atoms with Crippen LogP contribution in [0.3, 0.4) is 0 Å². The first-order valence-corrected chi connectivity index (χ1v) is 9.09. The Morgan fingerprint density at radius 2 is 1.71 bits per heavy atom. The van der Waals surface area contributed by atoms with Crippen molar-refractivity contribution in [2.75, 3.05) is 20.3 Å². The molecule has 0 aliphatic rings. The predicted molar refractivity (Wildman–Crippen MR) is 107 cm³/mol. The summed E-state index contributed by atoms with van der Waals surface area (Å²) in [6, 6.07) is 11.4. The van der Waals surface area contributed by atoms with Crippen molar-refractivity contribution in [3.63, 3.8) is 0 Å². The molecule has 0 saturated heterocycles. The van der Waals surface area contributed by atoms with E-state index in [1.807, 2.05) is 38.1 Å². The number of nitriles is 1. The molecule has 0 spiro atoms. The number of nitrogens with zero attached hydrogens (tertiary/aromatic N) is 1. The molecule has 0 aliphatic heterocycles. The Hall–Kier alpha value is -3.20. The number of methoxy groups -OCH3 is 1. The maximum absolute atomic E-state index is 11.6. The number of rotatable bonds is 9. The molecule has 1 amide bonds. The minimum atomic E-state index is -0.329.